The lowest BCUT2D eigenvalue weighted by Gasteiger charge is -2.12. The maximum atomic E-state index is 12.0. The highest BCUT2D eigenvalue weighted by Gasteiger charge is 2.42. The summed E-state index contributed by atoms with van der Waals surface area (Å²) < 4.78 is 4.85. The minimum absolute atomic E-state index is 0.283. The van der Waals surface area contributed by atoms with Crippen molar-refractivity contribution in [2.24, 2.45) is 5.92 Å². The number of rotatable bonds is 1. The lowest BCUT2D eigenvalue weighted by Crippen LogP contribution is -2.09. The third-order valence-corrected chi connectivity index (χ3v) is 4.47. The first-order valence-corrected chi connectivity index (χ1v) is 7.46. The first-order valence-electron chi connectivity index (χ1n) is 7.46. The van der Waals surface area contributed by atoms with Gasteiger partial charge in [-0.05, 0) is 56.1 Å². The Hall–Kier alpha value is -1.38. The number of ether oxygens (including phenoxy) is 1. The summed E-state index contributed by atoms with van der Waals surface area (Å²) in [6.45, 7) is 0. The number of hydrogen-bond donors (Lipinski definition) is 0. The molecule has 0 radical (unpaired) electrons. The first-order chi connectivity index (χ1) is 9.27. The van der Waals surface area contributed by atoms with Crippen LogP contribution in [0.15, 0.2) is 22.8 Å². The molecular formula is C16H20O3. The quantitative estimate of drug-likeness (QED) is 0.535. The highest BCUT2D eigenvalue weighted by molar-refractivity contribution is 6.08. The number of carbonyl (C=O) groups is 2. The van der Waals surface area contributed by atoms with Crippen LogP contribution in [0.4, 0.5) is 0 Å². The molecule has 1 unspecified atom stereocenters. The molecule has 0 aromatic carbocycles. The maximum Gasteiger partial charge on any atom is 0.342 e. The van der Waals surface area contributed by atoms with Crippen LogP contribution in [0.5, 0.6) is 0 Å². The molecule has 3 rings (SSSR count). The molecule has 1 atom stereocenters. The third-order valence-electron chi connectivity index (χ3n) is 4.47. The average molecular weight is 260 g/mol. The van der Waals surface area contributed by atoms with E-state index in [-0.39, 0.29) is 17.9 Å². The molecule has 0 aromatic rings. The Morgan fingerprint density at radius 1 is 1.00 bits per heavy atom. The summed E-state index contributed by atoms with van der Waals surface area (Å²) >= 11 is 0. The van der Waals surface area contributed by atoms with E-state index in [1.165, 1.54) is 24.8 Å². The summed E-state index contributed by atoms with van der Waals surface area (Å²) in [6, 6.07) is 0. The number of cyclic esters (lactones) is 2. The van der Waals surface area contributed by atoms with Crippen LogP contribution in [-0.4, -0.2) is 11.9 Å². The van der Waals surface area contributed by atoms with Crippen LogP contribution < -0.4 is 0 Å². The summed E-state index contributed by atoms with van der Waals surface area (Å²) in [6.07, 6.45) is 11.9. The highest BCUT2D eigenvalue weighted by atomic mass is 16.6. The molecule has 3 heteroatoms. The van der Waals surface area contributed by atoms with E-state index in [1.807, 2.05) is 0 Å². The van der Waals surface area contributed by atoms with Gasteiger partial charge >= 0.3 is 11.9 Å². The Kier molecular flexibility index (Phi) is 3.54. The van der Waals surface area contributed by atoms with Crippen LogP contribution in [0.3, 0.4) is 0 Å². The second-order valence-electron chi connectivity index (χ2n) is 5.73. The normalized spacial score (nSPS) is 28.4. The molecule has 0 bridgehead atoms. The van der Waals surface area contributed by atoms with Crippen LogP contribution in [-0.2, 0) is 14.3 Å². The molecule has 1 saturated heterocycles. The van der Waals surface area contributed by atoms with Crippen LogP contribution in [0.25, 0.3) is 0 Å². The second kappa shape index (κ2) is 5.32. The molecule has 0 saturated carbocycles. The molecule has 0 amide bonds. The number of hydrogen-bond acceptors (Lipinski definition) is 3. The van der Waals surface area contributed by atoms with Gasteiger partial charge in [-0.2, -0.15) is 0 Å². The molecule has 0 spiro atoms. The molecule has 3 aliphatic rings. The van der Waals surface area contributed by atoms with Gasteiger partial charge in [-0.15, -0.1) is 0 Å². The molecule has 3 nitrogen and oxygen atoms in total. The summed E-state index contributed by atoms with van der Waals surface area (Å²) in [5.74, 6) is -0.986. The van der Waals surface area contributed by atoms with E-state index in [4.69, 9.17) is 4.74 Å². The number of carbonyl (C=O) groups excluding carboxylic acids is 2. The van der Waals surface area contributed by atoms with Gasteiger partial charge in [0.1, 0.15) is 0 Å². The molecule has 0 N–H and O–H groups in total. The Bertz CT molecular complexity index is 470. The maximum absolute atomic E-state index is 12.0. The molecule has 1 fully saturated rings. The van der Waals surface area contributed by atoms with Crippen LogP contribution >= 0.6 is 0 Å². The van der Waals surface area contributed by atoms with Crippen molar-refractivity contribution in [3.05, 3.63) is 22.8 Å². The van der Waals surface area contributed by atoms with Crippen molar-refractivity contribution in [2.45, 2.75) is 57.8 Å². The van der Waals surface area contributed by atoms with Gasteiger partial charge in [0.15, 0.2) is 0 Å². The predicted octanol–water partition coefficient (Wildman–Crippen LogP) is 3.45. The summed E-state index contributed by atoms with van der Waals surface area (Å²) in [7, 11) is 0. The fraction of sp³-hybridized carbons (Fsp3) is 0.625. The van der Waals surface area contributed by atoms with E-state index in [0.29, 0.717) is 5.57 Å². The zero-order valence-electron chi connectivity index (χ0n) is 11.2. The predicted molar refractivity (Wildman–Crippen MR) is 71.3 cm³/mol. The standard InChI is InChI=1S/C16H20O3/c17-15-13-10-6-5-9-12(14(13)16(18)19-15)11-7-3-1-2-4-8-11/h7,13H,1-6,8-10H2. The van der Waals surface area contributed by atoms with Gasteiger partial charge in [-0.1, -0.05) is 18.9 Å². The Morgan fingerprint density at radius 2 is 1.84 bits per heavy atom. The summed E-state index contributed by atoms with van der Waals surface area (Å²) in [4.78, 5) is 23.8. The Labute approximate surface area is 113 Å². The molecule has 2 aliphatic carbocycles. The van der Waals surface area contributed by atoms with E-state index in [2.05, 4.69) is 6.08 Å². The third kappa shape index (κ3) is 2.38. The summed E-state index contributed by atoms with van der Waals surface area (Å²) in [5.41, 5.74) is 3.14. The minimum Gasteiger partial charge on any atom is -0.389 e. The van der Waals surface area contributed by atoms with Crippen molar-refractivity contribution in [1.82, 2.24) is 0 Å². The van der Waals surface area contributed by atoms with E-state index in [9.17, 15) is 9.59 Å². The van der Waals surface area contributed by atoms with E-state index < -0.39 is 0 Å². The first kappa shape index (κ1) is 12.6. The fourth-order valence-electron chi connectivity index (χ4n) is 3.48. The van der Waals surface area contributed by atoms with Crippen LogP contribution in [0.2, 0.25) is 0 Å². The number of fused-ring (bicyclic) bond motifs is 1. The molecule has 0 aromatic heterocycles. The molecule has 102 valence electrons. The van der Waals surface area contributed by atoms with Crippen LogP contribution in [0, 0.1) is 5.92 Å². The van der Waals surface area contributed by atoms with Gasteiger partial charge in [-0.3, -0.25) is 4.79 Å². The smallest absolute Gasteiger partial charge is 0.342 e. The molecule has 1 aliphatic heterocycles. The lowest BCUT2D eigenvalue weighted by atomic mass is 9.89. The lowest BCUT2D eigenvalue weighted by molar-refractivity contribution is -0.152. The zero-order valence-corrected chi connectivity index (χ0v) is 11.2. The SMILES string of the molecule is O=C1OC(=O)C2CCCCC(C3=CCCCCC3)=C12. The van der Waals surface area contributed by atoms with Gasteiger partial charge in [-0.25, -0.2) is 4.79 Å². The van der Waals surface area contributed by atoms with Crippen LogP contribution in [0.1, 0.15) is 57.8 Å². The number of esters is 2. The van der Waals surface area contributed by atoms with E-state index in [0.717, 1.165) is 44.1 Å². The van der Waals surface area contributed by atoms with Crippen molar-refractivity contribution >= 4 is 11.9 Å². The second-order valence-corrected chi connectivity index (χ2v) is 5.73. The van der Waals surface area contributed by atoms with Gasteiger partial charge in [0, 0.05) is 0 Å². The van der Waals surface area contributed by atoms with Gasteiger partial charge in [0.2, 0.25) is 0 Å². The van der Waals surface area contributed by atoms with Crippen molar-refractivity contribution in [3.8, 4) is 0 Å². The van der Waals surface area contributed by atoms with Crippen molar-refractivity contribution < 1.29 is 14.3 Å². The monoisotopic (exact) mass is 260 g/mol. The van der Waals surface area contributed by atoms with Crippen molar-refractivity contribution in [3.63, 3.8) is 0 Å². The zero-order chi connectivity index (χ0) is 13.2. The van der Waals surface area contributed by atoms with Crippen molar-refractivity contribution in [1.29, 1.82) is 0 Å². The summed E-state index contributed by atoms with van der Waals surface area (Å²) in [5, 5.41) is 0. The largest absolute Gasteiger partial charge is 0.389 e. The average Bonchev–Trinajstić information content (AvgIpc) is 2.67. The van der Waals surface area contributed by atoms with Gasteiger partial charge in [0.25, 0.3) is 0 Å². The highest BCUT2D eigenvalue weighted by Crippen LogP contribution is 2.39. The Morgan fingerprint density at radius 3 is 2.74 bits per heavy atom. The minimum atomic E-state index is -0.378. The van der Waals surface area contributed by atoms with E-state index in [1.54, 1.807) is 0 Å². The van der Waals surface area contributed by atoms with Gasteiger partial charge in [0.05, 0.1) is 11.5 Å². The van der Waals surface area contributed by atoms with E-state index >= 15 is 0 Å². The molecular weight excluding hydrogens is 240 g/mol. The van der Waals surface area contributed by atoms with Crippen molar-refractivity contribution in [2.75, 3.05) is 0 Å². The van der Waals surface area contributed by atoms with Gasteiger partial charge < -0.3 is 4.74 Å². The molecule has 19 heavy (non-hydrogen) atoms. The topological polar surface area (TPSA) is 43.4 Å². The fourth-order valence-corrected chi connectivity index (χ4v) is 3.48. The molecule has 1 heterocycles. The Balaban J connectivity index is 2.02. The number of allylic oxidation sites excluding steroid dienone is 3.